The highest BCUT2D eigenvalue weighted by molar-refractivity contribution is 7.95. The summed E-state index contributed by atoms with van der Waals surface area (Å²) in [6.45, 7) is 13.8. The van der Waals surface area contributed by atoms with E-state index >= 15 is 0 Å². The molecule has 1 atom stereocenters. The molecular formula is C27H37O5P. The van der Waals surface area contributed by atoms with E-state index in [2.05, 4.69) is 20.8 Å². The van der Waals surface area contributed by atoms with Gasteiger partial charge in [-0.25, -0.2) is 0 Å². The third-order valence-electron chi connectivity index (χ3n) is 5.96. The van der Waals surface area contributed by atoms with Gasteiger partial charge in [0.05, 0.1) is 14.2 Å². The topological polar surface area (TPSA) is 69.7 Å². The van der Waals surface area contributed by atoms with E-state index in [-0.39, 0.29) is 28.6 Å². The van der Waals surface area contributed by atoms with Crippen molar-refractivity contribution in [3.8, 4) is 11.5 Å². The molecule has 0 saturated carbocycles. The van der Waals surface area contributed by atoms with Crippen LogP contribution < -0.4 is 9.47 Å². The van der Waals surface area contributed by atoms with Gasteiger partial charge in [-0.05, 0) is 67.0 Å². The zero-order valence-corrected chi connectivity index (χ0v) is 22.3. The van der Waals surface area contributed by atoms with Gasteiger partial charge < -0.3 is 14.0 Å². The Morgan fingerprint density at radius 3 is 1.70 bits per heavy atom. The van der Waals surface area contributed by atoms with Gasteiger partial charge in [-0.1, -0.05) is 46.2 Å². The number of carbonyl (C=O) groups excluding carboxylic acids is 2. The molecule has 2 aromatic carbocycles. The Kier molecular flexibility index (Phi) is 8.35. The summed E-state index contributed by atoms with van der Waals surface area (Å²) in [5, 5.41) is 0. The number of methoxy groups -OCH3 is 2. The first-order valence-corrected chi connectivity index (χ1v) is 13.2. The number of hydrogen-bond acceptors (Lipinski definition) is 5. The standard InChI is InChI=1S/C27H37O5P/c1-10-11-12-33(30,26(29)24-21(31-8)13-17(2)14-22(24)32-9)25(28)23-18(3)15-20(16-19(23)4)27(5,6)7/h13-16H,10-12H2,1-9H3. The molecule has 0 heterocycles. The zero-order valence-electron chi connectivity index (χ0n) is 21.4. The van der Waals surface area contributed by atoms with Crippen LogP contribution in [0, 0.1) is 20.8 Å². The lowest BCUT2D eigenvalue weighted by Crippen LogP contribution is -2.18. The monoisotopic (exact) mass is 472 g/mol. The van der Waals surface area contributed by atoms with Crippen molar-refractivity contribution in [2.24, 2.45) is 0 Å². The van der Waals surface area contributed by atoms with Crippen LogP contribution in [-0.2, 0) is 9.98 Å². The Hall–Kier alpha value is -2.39. The molecule has 0 aromatic heterocycles. The number of carbonyl (C=O) groups is 2. The van der Waals surface area contributed by atoms with Crippen LogP contribution in [0.4, 0.5) is 0 Å². The van der Waals surface area contributed by atoms with Crippen LogP contribution in [0.2, 0.25) is 0 Å². The Bertz CT molecular complexity index is 1060. The van der Waals surface area contributed by atoms with E-state index in [0.717, 1.165) is 22.3 Å². The molecule has 0 aliphatic heterocycles. The van der Waals surface area contributed by atoms with E-state index in [1.165, 1.54) is 14.2 Å². The fraction of sp³-hybridized carbons (Fsp3) is 0.481. The highest BCUT2D eigenvalue weighted by Crippen LogP contribution is 2.56. The second kappa shape index (κ2) is 10.3. The smallest absolute Gasteiger partial charge is 0.236 e. The molecule has 1 unspecified atom stereocenters. The molecule has 0 bridgehead atoms. The highest BCUT2D eigenvalue weighted by atomic mass is 31.2. The Labute approximate surface area is 198 Å². The van der Waals surface area contributed by atoms with Crippen LogP contribution in [-0.4, -0.2) is 31.4 Å². The summed E-state index contributed by atoms with van der Waals surface area (Å²) in [4.78, 5) is 27.8. The molecule has 0 N–H and O–H groups in total. The number of rotatable bonds is 9. The average Bonchev–Trinajstić information content (AvgIpc) is 2.74. The van der Waals surface area contributed by atoms with Crippen molar-refractivity contribution in [1.29, 1.82) is 0 Å². The number of unbranched alkanes of at least 4 members (excludes halogenated alkanes) is 1. The fourth-order valence-electron chi connectivity index (χ4n) is 4.02. The average molecular weight is 473 g/mol. The second-order valence-electron chi connectivity index (χ2n) is 9.71. The lowest BCUT2D eigenvalue weighted by atomic mass is 9.84. The van der Waals surface area contributed by atoms with Gasteiger partial charge in [0.25, 0.3) is 0 Å². The summed E-state index contributed by atoms with van der Waals surface area (Å²) in [6, 6.07) is 7.31. The van der Waals surface area contributed by atoms with Gasteiger partial charge in [0.1, 0.15) is 17.1 Å². The van der Waals surface area contributed by atoms with E-state index in [1.807, 2.05) is 39.8 Å². The van der Waals surface area contributed by atoms with Gasteiger partial charge in [-0.15, -0.1) is 0 Å². The molecule has 0 saturated heterocycles. The van der Waals surface area contributed by atoms with Crippen LogP contribution in [0.15, 0.2) is 24.3 Å². The van der Waals surface area contributed by atoms with Crippen LogP contribution >= 0.6 is 7.14 Å². The molecule has 0 fully saturated rings. The summed E-state index contributed by atoms with van der Waals surface area (Å²) in [5.41, 5.74) is 2.46. The molecule has 0 aliphatic rings. The number of ether oxygens (including phenoxy) is 2. The van der Waals surface area contributed by atoms with Gasteiger partial charge in [0.2, 0.25) is 18.2 Å². The molecule has 33 heavy (non-hydrogen) atoms. The van der Waals surface area contributed by atoms with Crippen LogP contribution in [0.5, 0.6) is 11.5 Å². The second-order valence-corrected chi connectivity index (χ2v) is 12.4. The molecule has 2 aromatic rings. The molecule has 6 heteroatoms. The minimum atomic E-state index is -4.00. The molecule has 5 nitrogen and oxygen atoms in total. The minimum Gasteiger partial charge on any atom is -0.496 e. The minimum absolute atomic E-state index is 0.0151. The first kappa shape index (κ1) is 26.9. The molecular weight excluding hydrogens is 435 g/mol. The third-order valence-corrected chi connectivity index (χ3v) is 8.66. The van der Waals surface area contributed by atoms with Crippen LogP contribution in [0.25, 0.3) is 0 Å². The zero-order chi connectivity index (χ0) is 25.1. The largest absolute Gasteiger partial charge is 0.496 e. The summed E-state index contributed by atoms with van der Waals surface area (Å²) in [7, 11) is -1.11. The maximum atomic E-state index is 14.4. The van der Waals surface area contributed by atoms with Crippen molar-refractivity contribution in [2.45, 2.75) is 66.7 Å². The number of hydrogen-bond donors (Lipinski definition) is 0. The van der Waals surface area contributed by atoms with Crippen molar-refractivity contribution in [1.82, 2.24) is 0 Å². The maximum Gasteiger partial charge on any atom is 0.236 e. The van der Waals surface area contributed by atoms with Crippen molar-refractivity contribution < 1.29 is 23.6 Å². The SMILES string of the molecule is CCCCP(=O)(C(=O)c1c(C)cc(C(C)(C)C)cc1C)C(=O)c1c(OC)cc(C)cc1OC. The predicted molar refractivity (Wildman–Crippen MR) is 135 cm³/mol. The van der Waals surface area contributed by atoms with Gasteiger partial charge in [0, 0.05) is 11.7 Å². The van der Waals surface area contributed by atoms with Crippen molar-refractivity contribution in [2.75, 3.05) is 20.4 Å². The third kappa shape index (κ3) is 5.41. The molecule has 0 radical (unpaired) electrons. The van der Waals surface area contributed by atoms with E-state index in [0.29, 0.717) is 18.4 Å². The Balaban J connectivity index is 2.74. The van der Waals surface area contributed by atoms with Gasteiger partial charge in [-0.2, -0.15) is 0 Å². The van der Waals surface area contributed by atoms with Crippen molar-refractivity contribution in [3.63, 3.8) is 0 Å². The predicted octanol–water partition coefficient (Wildman–Crippen LogP) is 7.07. The van der Waals surface area contributed by atoms with Crippen LogP contribution in [0.3, 0.4) is 0 Å². The molecule has 180 valence electrons. The van der Waals surface area contributed by atoms with E-state index in [9.17, 15) is 14.2 Å². The van der Waals surface area contributed by atoms with Crippen molar-refractivity contribution >= 4 is 18.2 Å². The van der Waals surface area contributed by atoms with Gasteiger partial charge in [-0.3, -0.25) is 9.59 Å². The highest BCUT2D eigenvalue weighted by Gasteiger charge is 2.44. The summed E-state index contributed by atoms with van der Waals surface area (Å²) < 4.78 is 25.3. The van der Waals surface area contributed by atoms with E-state index in [1.54, 1.807) is 12.1 Å². The summed E-state index contributed by atoms with van der Waals surface area (Å²) >= 11 is 0. The number of aryl methyl sites for hydroxylation is 3. The lowest BCUT2D eigenvalue weighted by molar-refractivity contribution is 0.103. The quantitative estimate of drug-likeness (QED) is 0.365. The maximum absolute atomic E-state index is 14.4. The fourth-order valence-corrected chi connectivity index (χ4v) is 6.67. The van der Waals surface area contributed by atoms with E-state index in [4.69, 9.17) is 9.47 Å². The van der Waals surface area contributed by atoms with Gasteiger partial charge >= 0.3 is 0 Å². The summed E-state index contributed by atoms with van der Waals surface area (Å²) in [5.74, 6) is 0.524. The first-order chi connectivity index (χ1) is 15.3. The lowest BCUT2D eigenvalue weighted by Gasteiger charge is -2.24. The first-order valence-electron chi connectivity index (χ1n) is 11.3. The molecule has 0 aliphatic carbocycles. The molecule has 2 rings (SSSR count). The Morgan fingerprint density at radius 2 is 1.30 bits per heavy atom. The summed E-state index contributed by atoms with van der Waals surface area (Å²) in [6.07, 6.45) is 1.23. The molecule has 0 amide bonds. The Morgan fingerprint density at radius 1 is 0.848 bits per heavy atom. The van der Waals surface area contributed by atoms with Crippen LogP contribution in [0.1, 0.15) is 83.5 Å². The van der Waals surface area contributed by atoms with Crippen molar-refractivity contribution in [3.05, 3.63) is 57.6 Å². The normalized spacial score (nSPS) is 13.4. The van der Waals surface area contributed by atoms with Gasteiger partial charge in [0.15, 0.2) is 0 Å². The molecule has 0 spiro atoms. The van der Waals surface area contributed by atoms with E-state index < -0.39 is 18.2 Å². The number of benzene rings is 2.